The van der Waals surface area contributed by atoms with Crippen molar-refractivity contribution >= 4 is 28.7 Å². The zero-order chi connectivity index (χ0) is 11.2. The molecule has 0 spiro atoms. The van der Waals surface area contributed by atoms with E-state index >= 15 is 0 Å². The lowest BCUT2D eigenvalue weighted by atomic mass is 9.99. The minimum atomic E-state index is -0.861. The average Bonchev–Trinajstić information content (AvgIpc) is 1.95. The van der Waals surface area contributed by atoms with Crippen LogP contribution in [0.5, 0.6) is 0 Å². The number of hydrogen-bond donors (Lipinski definition) is 1. The number of ether oxygens (including phenoxy) is 3. The highest BCUT2D eigenvalue weighted by molar-refractivity contribution is 14.1. The zero-order valence-electron chi connectivity index (χ0n) is 8.58. The van der Waals surface area contributed by atoms with E-state index in [9.17, 15) is 4.79 Å². The number of hydrogen-bond acceptors (Lipinski definition) is 4. The van der Waals surface area contributed by atoms with E-state index in [1.807, 2.05) is 0 Å². The van der Waals surface area contributed by atoms with Crippen LogP contribution in [0.1, 0.15) is 20.8 Å². The number of nitrogens with two attached hydrogens (primary N) is 1. The quantitative estimate of drug-likeness (QED) is 0.363. The summed E-state index contributed by atoms with van der Waals surface area (Å²) in [4.78, 5) is 10.3. The molecule has 0 heterocycles. The van der Waals surface area contributed by atoms with Crippen LogP contribution in [0, 0.1) is 5.41 Å². The second kappa shape index (κ2) is 6.41. The Kier molecular flexibility index (Phi) is 6.38. The van der Waals surface area contributed by atoms with E-state index in [1.165, 1.54) is 0 Å². The number of halogens is 1. The normalized spacial score (nSPS) is 13.7. The molecule has 5 nitrogen and oxygen atoms in total. The summed E-state index contributed by atoms with van der Waals surface area (Å²) in [6.07, 6.45) is -0.861. The van der Waals surface area contributed by atoms with Gasteiger partial charge in [0.05, 0.1) is 6.61 Å². The molecule has 0 saturated heterocycles. The maximum absolute atomic E-state index is 10.3. The monoisotopic (exact) mass is 317 g/mol. The van der Waals surface area contributed by atoms with E-state index < -0.39 is 10.4 Å². The van der Waals surface area contributed by atoms with Crippen molar-refractivity contribution in [3.05, 3.63) is 0 Å². The highest BCUT2D eigenvalue weighted by Crippen LogP contribution is 2.13. The molecule has 84 valence electrons. The maximum Gasteiger partial charge on any atom is 0.407 e. The maximum atomic E-state index is 10.3. The van der Waals surface area contributed by atoms with E-state index in [1.54, 1.807) is 22.6 Å². The molecule has 0 aliphatic carbocycles. The summed E-state index contributed by atoms with van der Waals surface area (Å²) in [6, 6.07) is 0. The van der Waals surface area contributed by atoms with Gasteiger partial charge < -0.3 is 19.9 Å². The van der Waals surface area contributed by atoms with E-state index in [-0.39, 0.29) is 12.2 Å². The number of amides is 1. The third kappa shape index (κ3) is 10.0. The molecule has 0 saturated carbocycles. The van der Waals surface area contributed by atoms with Gasteiger partial charge in [-0.1, -0.05) is 20.8 Å². The van der Waals surface area contributed by atoms with Crippen LogP contribution in [-0.2, 0) is 14.2 Å². The predicted molar refractivity (Wildman–Crippen MR) is 59.8 cm³/mol. The first-order valence-electron chi connectivity index (χ1n) is 4.11. The minimum absolute atomic E-state index is 0.0815. The number of carbonyl (C=O) groups excluding carboxylic acids is 1. The molecule has 1 amide bonds. The Bertz CT molecular complexity index is 181. The molecule has 0 fully saturated rings. The SMILES string of the molecule is CC(C)(C)COCOC(I)OC(N)=O. The van der Waals surface area contributed by atoms with Crippen molar-refractivity contribution in [3.63, 3.8) is 0 Å². The fourth-order valence-corrected chi connectivity index (χ4v) is 0.972. The number of rotatable bonds is 5. The lowest BCUT2D eigenvalue weighted by Gasteiger charge is -2.18. The topological polar surface area (TPSA) is 70.8 Å². The van der Waals surface area contributed by atoms with Crippen molar-refractivity contribution in [1.82, 2.24) is 0 Å². The van der Waals surface area contributed by atoms with Gasteiger partial charge in [-0.3, -0.25) is 0 Å². The van der Waals surface area contributed by atoms with Gasteiger partial charge in [-0.15, -0.1) is 0 Å². The molecule has 0 aromatic heterocycles. The standard InChI is InChI=1S/C8H16INO4/c1-8(2,3)4-12-5-13-6(9)14-7(10)11/h6H,4-5H2,1-3H3,(H2,10,11). The van der Waals surface area contributed by atoms with Crippen molar-refractivity contribution in [1.29, 1.82) is 0 Å². The van der Waals surface area contributed by atoms with Gasteiger partial charge in [0.15, 0.2) is 6.79 Å². The van der Waals surface area contributed by atoms with Crippen LogP contribution in [0.15, 0.2) is 0 Å². The van der Waals surface area contributed by atoms with Crippen molar-refractivity contribution in [2.75, 3.05) is 13.4 Å². The molecule has 0 rings (SSSR count). The first kappa shape index (κ1) is 13.9. The van der Waals surface area contributed by atoms with Gasteiger partial charge in [-0.25, -0.2) is 4.79 Å². The van der Waals surface area contributed by atoms with E-state index in [2.05, 4.69) is 25.5 Å². The Labute approximate surface area is 97.4 Å². The van der Waals surface area contributed by atoms with Crippen LogP contribution in [0.2, 0.25) is 0 Å². The van der Waals surface area contributed by atoms with Crippen LogP contribution in [0.3, 0.4) is 0 Å². The smallest absolute Gasteiger partial charge is 0.407 e. The van der Waals surface area contributed by atoms with Crippen LogP contribution >= 0.6 is 22.6 Å². The molecule has 0 radical (unpaired) electrons. The van der Waals surface area contributed by atoms with Gasteiger partial charge in [-0.05, 0) is 28.0 Å². The fraction of sp³-hybridized carbons (Fsp3) is 0.875. The first-order chi connectivity index (χ1) is 6.31. The lowest BCUT2D eigenvalue weighted by Crippen LogP contribution is -2.22. The molecule has 0 aliphatic rings. The van der Waals surface area contributed by atoms with Gasteiger partial charge in [0.2, 0.25) is 0 Å². The van der Waals surface area contributed by atoms with Gasteiger partial charge in [0.25, 0.3) is 4.30 Å². The summed E-state index contributed by atoms with van der Waals surface area (Å²) in [7, 11) is 0. The van der Waals surface area contributed by atoms with E-state index in [0.29, 0.717) is 6.61 Å². The Balaban J connectivity index is 3.41. The Hall–Kier alpha value is -0.0800. The second-order valence-corrected chi connectivity index (χ2v) is 4.92. The molecule has 0 bridgehead atoms. The summed E-state index contributed by atoms with van der Waals surface area (Å²) in [5.41, 5.74) is 4.87. The highest BCUT2D eigenvalue weighted by Gasteiger charge is 2.11. The number of primary amides is 1. The third-order valence-electron chi connectivity index (χ3n) is 1.03. The first-order valence-corrected chi connectivity index (χ1v) is 5.35. The van der Waals surface area contributed by atoms with Crippen molar-refractivity contribution in [2.24, 2.45) is 11.1 Å². The van der Waals surface area contributed by atoms with Gasteiger partial charge in [0.1, 0.15) is 0 Å². The molecule has 6 heteroatoms. The molecule has 2 N–H and O–H groups in total. The van der Waals surface area contributed by atoms with E-state index in [4.69, 9.17) is 15.2 Å². The van der Waals surface area contributed by atoms with Crippen molar-refractivity contribution in [2.45, 2.75) is 25.1 Å². The summed E-state index contributed by atoms with van der Waals surface area (Å²) in [6.45, 7) is 6.81. The molecule has 14 heavy (non-hydrogen) atoms. The Morgan fingerprint density at radius 2 is 2.07 bits per heavy atom. The largest absolute Gasteiger partial charge is 0.410 e. The summed E-state index contributed by atoms with van der Waals surface area (Å²) in [5, 5.41) is 0. The molecule has 0 aromatic carbocycles. The molecular weight excluding hydrogens is 301 g/mol. The molecule has 0 aliphatic heterocycles. The number of alkyl halides is 1. The third-order valence-corrected chi connectivity index (χ3v) is 1.64. The van der Waals surface area contributed by atoms with E-state index in [0.717, 1.165) is 0 Å². The summed E-state index contributed by atoms with van der Waals surface area (Å²) >= 11 is 1.79. The fourth-order valence-electron chi connectivity index (χ4n) is 0.575. The Morgan fingerprint density at radius 1 is 1.50 bits per heavy atom. The predicted octanol–water partition coefficient (Wildman–Crippen LogP) is 1.84. The highest BCUT2D eigenvalue weighted by atomic mass is 127. The molecule has 1 atom stereocenters. The van der Waals surface area contributed by atoms with Crippen LogP contribution in [0.4, 0.5) is 4.79 Å². The Morgan fingerprint density at radius 3 is 2.50 bits per heavy atom. The molecule has 1 unspecified atom stereocenters. The van der Waals surface area contributed by atoms with Gasteiger partial charge in [0, 0.05) is 0 Å². The second-order valence-electron chi connectivity index (χ2n) is 3.90. The zero-order valence-corrected chi connectivity index (χ0v) is 10.7. The van der Waals surface area contributed by atoms with Gasteiger partial charge in [-0.2, -0.15) is 0 Å². The van der Waals surface area contributed by atoms with Crippen molar-refractivity contribution < 1.29 is 19.0 Å². The molecule has 0 aromatic rings. The average molecular weight is 317 g/mol. The number of carbonyl (C=O) groups is 1. The van der Waals surface area contributed by atoms with Crippen LogP contribution in [-0.4, -0.2) is 23.8 Å². The van der Waals surface area contributed by atoms with Crippen molar-refractivity contribution in [3.8, 4) is 0 Å². The summed E-state index contributed by atoms with van der Waals surface area (Å²) in [5.74, 6) is 0. The van der Waals surface area contributed by atoms with Crippen LogP contribution < -0.4 is 5.73 Å². The minimum Gasteiger partial charge on any atom is -0.410 e. The summed E-state index contributed by atoms with van der Waals surface area (Å²) < 4.78 is 14.0. The van der Waals surface area contributed by atoms with Crippen LogP contribution in [0.25, 0.3) is 0 Å². The van der Waals surface area contributed by atoms with Gasteiger partial charge >= 0.3 is 6.09 Å². The lowest BCUT2D eigenvalue weighted by molar-refractivity contribution is -0.129. The molecular formula is C8H16INO4.